The molecule has 0 aromatic heterocycles. The summed E-state index contributed by atoms with van der Waals surface area (Å²) in [6.07, 6.45) is 2.22. The van der Waals surface area contributed by atoms with Crippen molar-refractivity contribution < 1.29 is 9.53 Å². The van der Waals surface area contributed by atoms with Gasteiger partial charge in [0.1, 0.15) is 5.75 Å². The normalized spacial score (nSPS) is 9.88. The molecule has 0 radical (unpaired) electrons. The minimum absolute atomic E-state index is 0.0708. The Kier molecular flexibility index (Phi) is 4.64. The molecule has 1 aromatic rings. The number of nitrogens with one attached hydrogen (secondary N) is 1. The molecule has 0 spiro atoms. The summed E-state index contributed by atoms with van der Waals surface area (Å²) in [5.74, 6) is 0.761. The largest absolute Gasteiger partial charge is 0.495 e. The summed E-state index contributed by atoms with van der Waals surface area (Å²) >= 11 is 0. The van der Waals surface area contributed by atoms with Gasteiger partial charge in [-0.15, -0.1) is 0 Å². The van der Waals surface area contributed by atoms with E-state index in [-0.39, 0.29) is 5.91 Å². The first-order valence-electron chi connectivity index (χ1n) is 5.30. The number of rotatable bonds is 5. The van der Waals surface area contributed by atoms with Gasteiger partial charge in [-0.3, -0.25) is 4.79 Å². The number of aryl methyl sites for hydroxylation is 1. The number of ether oxygens (including phenoxy) is 1. The predicted molar refractivity (Wildman–Crippen MR) is 64.4 cm³/mol. The second-order valence-electron chi connectivity index (χ2n) is 3.60. The van der Waals surface area contributed by atoms with Crippen molar-refractivity contribution in [1.82, 2.24) is 5.32 Å². The molecule has 0 heterocycles. The Morgan fingerprint density at radius 1 is 1.50 bits per heavy atom. The second-order valence-corrected chi connectivity index (χ2v) is 3.60. The molecule has 0 unspecified atom stereocenters. The number of carbonyl (C=O) groups is 1. The SMILES string of the molecule is CNC(=O)CCCc1ccc(OC)c(N)c1. The lowest BCUT2D eigenvalue weighted by molar-refractivity contribution is -0.120. The van der Waals surface area contributed by atoms with E-state index in [4.69, 9.17) is 10.5 Å². The van der Waals surface area contributed by atoms with Crippen molar-refractivity contribution in [3.05, 3.63) is 23.8 Å². The number of anilines is 1. The van der Waals surface area contributed by atoms with E-state index in [0.29, 0.717) is 17.9 Å². The van der Waals surface area contributed by atoms with E-state index in [0.717, 1.165) is 18.4 Å². The van der Waals surface area contributed by atoms with Gasteiger partial charge in [0.05, 0.1) is 12.8 Å². The van der Waals surface area contributed by atoms with E-state index >= 15 is 0 Å². The average molecular weight is 222 g/mol. The summed E-state index contributed by atoms with van der Waals surface area (Å²) in [5.41, 5.74) is 7.55. The number of methoxy groups -OCH3 is 1. The van der Waals surface area contributed by atoms with Gasteiger partial charge in [0.15, 0.2) is 0 Å². The van der Waals surface area contributed by atoms with Crippen molar-refractivity contribution in [3.63, 3.8) is 0 Å². The summed E-state index contributed by atoms with van der Waals surface area (Å²) in [5, 5.41) is 2.60. The Labute approximate surface area is 95.8 Å². The highest BCUT2D eigenvalue weighted by Crippen LogP contribution is 2.22. The van der Waals surface area contributed by atoms with Gasteiger partial charge in [-0.05, 0) is 30.5 Å². The highest BCUT2D eigenvalue weighted by molar-refractivity contribution is 5.75. The van der Waals surface area contributed by atoms with Gasteiger partial charge < -0.3 is 15.8 Å². The van der Waals surface area contributed by atoms with Crippen LogP contribution in [-0.2, 0) is 11.2 Å². The lowest BCUT2D eigenvalue weighted by Crippen LogP contribution is -2.17. The van der Waals surface area contributed by atoms with Gasteiger partial charge in [0.25, 0.3) is 0 Å². The first kappa shape index (κ1) is 12.4. The molecule has 1 rings (SSSR count). The molecule has 0 saturated carbocycles. The molecule has 0 fully saturated rings. The van der Waals surface area contributed by atoms with Crippen molar-refractivity contribution >= 4 is 11.6 Å². The van der Waals surface area contributed by atoms with Crippen LogP contribution in [0.25, 0.3) is 0 Å². The Balaban J connectivity index is 2.49. The molecule has 0 aliphatic rings. The van der Waals surface area contributed by atoms with Crippen LogP contribution in [-0.4, -0.2) is 20.1 Å². The summed E-state index contributed by atoms with van der Waals surface area (Å²) in [6, 6.07) is 5.71. The van der Waals surface area contributed by atoms with Crippen LogP contribution in [0.1, 0.15) is 18.4 Å². The Morgan fingerprint density at radius 2 is 2.25 bits per heavy atom. The maximum Gasteiger partial charge on any atom is 0.219 e. The van der Waals surface area contributed by atoms with Crippen LogP contribution in [0.15, 0.2) is 18.2 Å². The van der Waals surface area contributed by atoms with Crippen LogP contribution in [0.2, 0.25) is 0 Å². The Hall–Kier alpha value is -1.71. The number of nitrogens with two attached hydrogens (primary N) is 1. The molecule has 1 amide bonds. The standard InChI is InChI=1S/C12H18N2O2/c1-14-12(15)5-3-4-9-6-7-11(16-2)10(13)8-9/h6-8H,3-5,13H2,1-2H3,(H,14,15). The molecule has 4 heteroatoms. The van der Waals surface area contributed by atoms with Crippen molar-refractivity contribution in [2.24, 2.45) is 0 Å². The van der Waals surface area contributed by atoms with E-state index in [9.17, 15) is 4.79 Å². The van der Waals surface area contributed by atoms with Gasteiger partial charge >= 0.3 is 0 Å². The second kappa shape index (κ2) is 6.00. The molecule has 0 aliphatic carbocycles. The number of hydrogen-bond donors (Lipinski definition) is 2. The molecule has 3 N–H and O–H groups in total. The monoisotopic (exact) mass is 222 g/mol. The van der Waals surface area contributed by atoms with Crippen molar-refractivity contribution in [2.75, 3.05) is 19.9 Å². The third-order valence-corrected chi connectivity index (χ3v) is 2.44. The minimum atomic E-state index is 0.0708. The molecule has 0 bridgehead atoms. The highest BCUT2D eigenvalue weighted by atomic mass is 16.5. The first-order valence-corrected chi connectivity index (χ1v) is 5.30. The molecular formula is C12H18N2O2. The summed E-state index contributed by atoms with van der Waals surface area (Å²) in [6.45, 7) is 0. The van der Waals surface area contributed by atoms with Gasteiger partial charge in [-0.1, -0.05) is 6.07 Å². The summed E-state index contributed by atoms with van der Waals surface area (Å²) < 4.78 is 5.07. The van der Waals surface area contributed by atoms with Crippen molar-refractivity contribution in [1.29, 1.82) is 0 Å². The van der Waals surface area contributed by atoms with Crippen molar-refractivity contribution in [3.8, 4) is 5.75 Å². The molecule has 0 atom stereocenters. The fraction of sp³-hybridized carbons (Fsp3) is 0.417. The fourth-order valence-corrected chi connectivity index (χ4v) is 1.52. The van der Waals surface area contributed by atoms with Crippen LogP contribution in [0.4, 0.5) is 5.69 Å². The van der Waals surface area contributed by atoms with Crippen LogP contribution in [0, 0.1) is 0 Å². The first-order chi connectivity index (χ1) is 7.67. The topological polar surface area (TPSA) is 64.3 Å². The smallest absolute Gasteiger partial charge is 0.219 e. The molecule has 88 valence electrons. The quantitative estimate of drug-likeness (QED) is 0.739. The van der Waals surface area contributed by atoms with Crippen LogP contribution < -0.4 is 15.8 Å². The summed E-state index contributed by atoms with van der Waals surface area (Å²) in [7, 11) is 3.24. The van der Waals surface area contributed by atoms with Gasteiger partial charge in [-0.2, -0.15) is 0 Å². The summed E-state index contributed by atoms with van der Waals surface area (Å²) in [4.78, 5) is 11.0. The maximum atomic E-state index is 11.0. The van der Waals surface area contributed by atoms with E-state index in [1.807, 2.05) is 18.2 Å². The Bertz CT molecular complexity index is 364. The lowest BCUT2D eigenvalue weighted by atomic mass is 10.1. The molecule has 1 aromatic carbocycles. The third-order valence-electron chi connectivity index (χ3n) is 2.44. The third kappa shape index (κ3) is 3.46. The average Bonchev–Trinajstić information content (AvgIpc) is 2.29. The number of amides is 1. The van der Waals surface area contributed by atoms with Crippen LogP contribution >= 0.6 is 0 Å². The van der Waals surface area contributed by atoms with Crippen molar-refractivity contribution in [2.45, 2.75) is 19.3 Å². The Morgan fingerprint density at radius 3 is 2.81 bits per heavy atom. The fourth-order valence-electron chi connectivity index (χ4n) is 1.52. The predicted octanol–water partition coefficient (Wildman–Crippen LogP) is 1.35. The molecule has 4 nitrogen and oxygen atoms in total. The molecule has 0 saturated heterocycles. The van der Waals surface area contributed by atoms with E-state index in [1.54, 1.807) is 14.2 Å². The maximum absolute atomic E-state index is 11.0. The highest BCUT2D eigenvalue weighted by Gasteiger charge is 2.02. The van der Waals surface area contributed by atoms with E-state index < -0.39 is 0 Å². The number of carbonyl (C=O) groups excluding carboxylic acids is 1. The zero-order valence-electron chi connectivity index (χ0n) is 9.75. The molecule has 0 aliphatic heterocycles. The molecule has 16 heavy (non-hydrogen) atoms. The zero-order chi connectivity index (χ0) is 12.0. The lowest BCUT2D eigenvalue weighted by Gasteiger charge is -2.06. The number of benzene rings is 1. The van der Waals surface area contributed by atoms with E-state index in [2.05, 4.69) is 5.32 Å². The van der Waals surface area contributed by atoms with Gasteiger partial charge in [0.2, 0.25) is 5.91 Å². The van der Waals surface area contributed by atoms with Crippen LogP contribution in [0.5, 0.6) is 5.75 Å². The number of hydrogen-bond acceptors (Lipinski definition) is 3. The van der Waals surface area contributed by atoms with Gasteiger partial charge in [0, 0.05) is 13.5 Å². The molecular weight excluding hydrogens is 204 g/mol. The van der Waals surface area contributed by atoms with E-state index in [1.165, 1.54) is 0 Å². The number of nitrogen functional groups attached to an aromatic ring is 1. The zero-order valence-corrected chi connectivity index (χ0v) is 9.75. The van der Waals surface area contributed by atoms with Gasteiger partial charge in [-0.25, -0.2) is 0 Å². The minimum Gasteiger partial charge on any atom is -0.495 e. The van der Waals surface area contributed by atoms with Crippen LogP contribution in [0.3, 0.4) is 0 Å².